The van der Waals surface area contributed by atoms with Crippen LogP contribution in [0.2, 0.25) is 0 Å². The van der Waals surface area contributed by atoms with Gasteiger partial charge in [0.15, 0.2) is 0 Å². The van der Waals surface area contributed by atoms with E-state index in [0.717, 1.165) is 12.8 Å². The molecule has 0 saturated carbocycles. The average Bonchev–Trinajstić information content (AvgIpc) is 3.19. The lowest BCUT2D eigenvalue weighted by Crippen LogP contribution is -2.42. The second kappa shape index (κ2) is 5.88. The Labute approximate surface area is 152 Å². The summed E-state index contributed by atoms with van der Waals surface area (Å²) in [5.74, 6) is 0.920. The summed E-state index contributed by atoms with van der Waals surface area (Å²) in [4.78, 5) is 34.1. The van der Waals surface area contributed by atoms with Gasteiger partial charge in [0.25, 0.3) is 5.56 Å². The maximum Gasteiger partial charge on any atom is 0.254 e. The van der Waals surface area contributed by atoms with Crippen molar-refractivity contribution in [2.75, 3.05) is 19.3 Å². The highest BCUT2D eigenvalue weighted by atomic mass is 32.2. The van der Waals surface area contributed by atoms with Crippen molar-refractivity contribution in [3.63, 3.8) is 0 Å². The number of amides is 1. The minimum absolute atomic E-state index is 0.0444. The van der Waals surface area contributed by atoms with Crippen molar-refractivity contribution in [3.05, 3.63) is 27.4 Å². The standard InChI is InChI=1S/C17H24N4O4S/c1-9-11(17(23)19-10(2)18-9)6-16(22)21-14-4-5-15(21)13-8-20(7-12(13)14)26(3,24)25/h12-15H,4-8H2,1-3H3,(H,18,19,23)/t12-,13+,14-,15+. The number of nitrogens with one attached hydrogen (secondary N) is 1. The number of hydrogen-bond acceptors (Lipinski definition) is 5. The molecule has 1 aromatic heterocycles. The van der Waals surface area contributed by atoms with Crippen LogP contribution in [-0.4, -0.2) is 64.9 Å². The summed E-state index contributed by atoms with van der Waals surface area (Å²) in [7, 11) is -3.19. The van der Waals surface area contributed by atoms with Crippen molar-refractivity contribution >= 4 is 15.9 Å². The molecule has 0 aliphatic carbocycles. The molecule has 3 aliphatic rings. The molecule has 9 heteroatoms. The molecule has 1 aromatic rings. The van der Waals surface area contributed by atoms with Crippen molar-refractivity contribution in [3.8, 4) is 0 Å². The molecular formula is C17H24N4O4S. The minimum atomic E-state index is -3.19. The van der Waals surface area contributed by atoms with E-state index in [-0.39, 0.29) is 41.8 Å². The molecule has 26 heavy (non-hydrogen) atoms. The van der Waals surface area contributed by atoms with E-state index in [0.29, 0.717) is 30.2 Å². The fourth-order valence-electron chi connectivity index (χ4n) is 5.18. The van der Waals surface area contributed by atoms with E-state index in [9.17, 15) is 18.0 Å². The van der Waals surface area contributed by atoms with Crippen LogP contribution in [-0.2, 0) is 21.2 Å². The zero-order chi connectivity index (χ0) is 18.8. The second-order valence-electron chi connectivity index (χ2n) is 7.81. The SMILES string of the molecule is Cc1nc(C)c(CC(=O)N2[C@@H]3CC[C@H]2[C@H]2CN(S(C)(=O)=O)C[C@H]23)c(=O)[nH]1. The number of nitrogens with zero attached hydrogens (tertiary/aromatic N) is 3. The van der Waals surface area contributed by atoms with Crippen molar-refractivity contribution in [2.45, 2.75) is 45.2 Å². The molecule has 4 rings (SSSR count). The predicted octanol–water partition coefficient (Wildman–Crippen LogP) is -0.190. The first-order valence-corrected chi connectivity index (χ1v) is 10.8. The summed E-state index contributed by atoms with van der Waals surface area (Å²) >= 11 is 0. The molecule has 1 N–H and O–H groups in total. The molecule has 0 spiro atoms. The summed E-state index contributed by atoms with van der Waals surface area (Å²) in [6.45, 7) is 4.47. The van der Waals surface area contributed by atoms with Gasteiger partial charge in [0.1, 0.15) is 5.82 Å². The highest BCUT2D eigenvalue weighted by Crippen LogP contribution is 2.49. The summed E-state index contributed by atoms with van der Waals surface area (Å²) in [6, 6.07) is 0.170. The predicted molar refractivity (Wildman–Crippen MR) is 95.1 cm³/mol. The van der Waals surface area contributed by atoms with Crippen LogP contribution in [0.4, 0.5) is 0 Å². The van der Waals surface area contributed by atoms with Gasteiger partial charge >= 0.3 is 0 Å². The third-order valence-corrected chi connectivity index (χ3v) is 7.50. The Morgan fingerprint density at radius 1 is 1.19 bits per heavy atom. The van der Waals surface area contributed by atoms with Crippen LogP contribution in [0, 0.1) is 25.7 Å². The third kappa shape index (κ3) is 2.68. The van der Waals surface area contributed by atoms with Gasteiger partial charge in [-0.05, 0) is 38.5 Å². The monoisotopic (exact) mass is 380 g/mol. The molecule has 0 unspecified atom stereocenters. The molecule has 3 aliphatic heterocycles. The Morgan fingerprint density at radius 2 is 1.77 bits per heavy atom. The number of carbonyl (C=O) groups is 1. The average molecular weight is 380 g/mol. The quantitative estimate of drug-likeness (QED) is 0.783. The third-order valence-electron chi connectivity index (χ3n) is 6.27. The summed E-state index contributed by atoms with van der Waals surface area (Å²) < 4.78 is 25.3. The van der Waals surface area contributed by atoms with Crippen molar-refractivity contribution in [1.29, 1.82) is 0 Å². The molecule has 4 heterocycles. The van der Waals surface area contributed by atoms with E-state index in [2.05, 4.69) is 9.97 Å². The fraction of sp³-hybridized carbons (Fsp3) is 0.706. The molecule has 142 valence electrons. The molecule has 1 amide bonds. The molecule has 2 bridgehead atoms. The van der Waals surface area contributed by atoms with Gasteiger partial charge in [-0.25, -0.2) is 17.7 Å². The van der Waals surface area contributed by atoms with Crippen LogP contribution in [0.3, 0.4) is 0 Å². The van der Waals surface area contributed by atoms with Gasteiger partial charge in [-0.2, -0.15) is 0 Å². The number of sulfonamides is 1. The number of carbonyl (C=O) groups excluding carboxylic acids is 1. The highest BCUT2D eigenvalue weighted by molar-refractivity contribution is 7.88. The van der Waals surface area contributed by atoms with Crippen molar-refractivity contribution < 1.29 is 13.2 Å². The van der Waals surface area contributed by atoms with E-state index >= 15 is 0 Å². The van der Waals surface area contributed by atoms with E-state index in [1.54, 1.807) is 18.2 Å². The van der Waals surface area contributed by atoms with Gasteiger partial charge in [-0.3, -0.25) is 9.59 Å². The Hall–Kier alpha value is -1.74. The lowest BCUT2D eigenvalue weighted by Gasteiger charge is -2.26. The van der Waals surface area contributed by atoms with E-state index in [4.69, 9.17) is 0 Å². The highest BCUT2D eigenvalue weighted by Gasteiger charge is 2.58. The van der Waals surface area contributed by atoms with Gasteiger partial charge in [0.05, 0.1) is 12.7 Å². The Bertz CT molecular complexity index is 905. The number of H-pyrrole nitrogens is 1. The fourth-order valence-corrected chi connectivity index (χ4v) is 6.06. The van der Waals surface area contributed by atoms with Crippen molar-refractivity contribution in [1.82, 2.24) is 19.2 Å². The number of aryl methyl sites for hydroxylation is 2. The number of aromatic amines is 1. The Morgan fingerprint density at radius 3 is 2.27 bits per heavy atom. The first-order valence-electron chi connectivity index (χ1n) is 8.99. The lowest BCUT2D eigenvalue weighted by molar-refractivity contribution is -0.132. The van der Waals surface area contributed by atoms with Crippen LogP contribution in [0.15, 0.2) is 4.79 Å². The zero-order valence-corrected chi connectivity index (χ0v) is 16.0. The number of hydrogen-bond donors (Lipinski definition) is 1. The van der Waals surface area contributed by atoms with Crippen LogP contribution >= 0.6 is 0 Å². The summed E-state index contributed by atoms with van der Waals surface area (Å²) in [5, 5.41) is 0. The number of aromatic nitrogens is 2. The smallest absolute Gasteiger partial charge is 0.254 e. The van der Waals surface area contributed by atoms with Crippen molar-refractivity contribution in [2.24, 2.45) is 11.8 Å². The van der Waals surface area contributed by atoms with Gasteiger partial charge in [-0.15, -0.1) is 0 Å². The topological polar surface area (TPSA) is 103 Å². The van der Waals surface area contributed by atoms with Gasteiger partial charge in [0, 0.05) is 36.4 Å². The number of rotatable bonds is 3. The molecule has 4 atom stereocenters. The van der Waals surface area contributed by atoms with E-state index in [1.165, 1.54) is 6.26 Å². The first kappa shape index (κ1) is 17.7. The first-order chi connectivity index (χ1) is 12.2. The van der Waals surface area contributed by atoms with Crippen LogP contribution in [0.5, 0.6) is 0 Å². The molecule has 0 aromatic carbocycles. The van der Waals surface area contributed by atoms with Gasteiger partial charge in [0.2, 0.25) is 15.9 Å². The van der Waals surface area contributed by atoms with Gasteiger partial charge in [-0.1, -0.05) is 0 Å². The summed E-state index contributed by atoms with van der Waals surface area (Å²) in [5.41, 5.74) is 0.766. The molecule has 3 saturated heterocycles. The van der Waals surface area contributed by atoms with E-state index < -0.39 is 10.0 Å². The molecular weight excluding hydrogens is 356 g/mol. The van der Waals surface area contributed by atoms with E-state index in [1.807, 2.05) is 4.90 Å². The Kier molecular flexibility index (Phi) is 4.00. The Balaban J connectivity index is 1.54. The molecule has 8 nitrogen and oxygen atoms in total. The molecule has 0 radical (unpaired) electrons. The minimum Gasteiger partial charge on any atom is -0.336 e. The van der Waals surface area contributed by atoms with Crippen LogP contribution < -0.4 is 5.56 Å². The number of fused-ring (bicyclic) bond motifs is 5. The van der Waals surface area contributed by atoms with Crippen LogP contribution in [0.25, 0.3) is 0 Å². The zero-order valence-electron chi connectivity index (χ0n) is 15.2. The van der Waals surface area contributed by atoms with Gasteiger partial charge < -0.3 is 9.88 Å². The molecule has 3 fully saturated rings. The summed E-state index contributed by atoms with van der Waals surface area (Å²) in [6.07, 6.45) is 3.13. The second-order valence-corrected chi connectivity index (χ2v) is 9.80. The normalized spacial score (nSPS) is 30.8. The lowest BCUT2D eigenvalue weighted by atomic mass is 9.82. The van der Waals surface area contributed by atoms with Crippen LogP contribution in [0.1, 0.15) is 29.9 Å². The maximum atomic E-state index is 13.0. The largest absolute Gasteiger partial charge is 0.336 e. The maximum absolute atomic E-state index is 13.0.